The Morgan fingerprint density at radius 2 is 2.07 bits per heavy atom. The Labute approximate surface area is 85.1 Å². The van der Waals surface area contributed by atoms with E-state index in [2.05, 4.69) is 11.9 Å². The van der Waals surface area contributed by atoms with Crippen LogP contribution in [-0.4, -0.2) is 36.5 Å². The van der Waals surface area contributed by atoms with Crippen LogP contribution in [0.2, 0.25) is 0 Å². The number of nitrogens with one attached hydrogen (secondary N) is 1. The zero-order chi connectivity index (χ0) is 10.2. The third-order valence-electron chi connectivity index (χ3n) is 3.48. The van der Waals surface area contributed by atoms with Crippen molar-refractivity contribution in [3.8, 4) is 0 Å². The van der Waals surface area contributed by atoms with Crippen LogP contribution in [0.4, 0.5) is 0 Å². The molecule has 3 nitrogen and oxygen atoms in total. The van der Waals surface area contributed by atoms with Crippen molar-refractivity contribution in [1.82, 2.24) is 5.32 Å². The first-order valence-corrected chi connectivity index (χ1v) is 5.30. The van der Waals surface area contributed by atoms with Crippen LogP contribution in [-0.2, 0) is 4.74 Å². The van der Waals surface area contributed by atoms with Gasteiger partial charge in [-0.1, -0.05) is 6.58 Å². The summed E-state index contributed by atoms with van der Waals surface area (Å²) in [6.45, 7) is 4.40. The van der Waals surface area contributed by atoms with Crippen LogP contribution in [0.25, 0.3) is 0 Å². The summed E-state index contributed by atoms with van der Waals surface area (Å²) in [5, 5.41) is 13.9. The van der Waals surface area contributed by atoms with Crippen LogP contribution >= 0.6 is 0 Å². The lowest BCUT2D eigenvalue weighted by molar-refractivity contribution is 0.0157. The highest BCUT2D eigenvalue weighted by atomic mass is 16.5. The zero-order valence-corrected chi connectivity index (χ0v) is 8.75. The van der Waals surface area contributed by atoms with E-state index in [4.69, 9.17) is 4.74 Å². The van der Waals surface area contributed by atoms with Crippen molar-refractivity contribution in [1.29, 1.82) is 0 Å². The fraction of sp³-hybridized carbons (Fsp3) is 0.818. The molecule has 80 valence electrons. The van der Waals surface area contributed by atoms with Gasteiger partial charge in [0.05, 0.1) is 12.2 Å². The first-order chi connectivity index (χ1) is 6.64. The maximum Gasteiger partial charge on any atom is 0.0905 e. The third-order valence-corrected chi connectivity index (χ3v) is 3.48. The number of piperidine rings is 1. The topological polar surface area (TPSA) is 41.5 Å². The maximum atomic E-state index is 10.4. The summed E-state index contributed by atoms with van der Waals surface area (Å²) in [5.74, 6) is 0. The smallest absolute Gasteiger partial charge is 0.0905 e. The second kappa shape index (κ2) is 3.65. The predicted molar refractivity (Wildman–Crippen MR) is 55.1 cm³/mol. The number of hydrogen-bond donors (Lipinski definition) is 2. The van der Waals surface area contributed by atoms with Gasteiger partial charge in [-0.3, -0.25) is 0 Å². The van der Waals surface area contributed by atoms with E-state index >= 15 is 0 Å². The maximum absolute atomic E-state index is 10.4. The van der Waals surface area contributed by atoms with Crippen LogP contribution < -0.4 is 5.32 Å². The Morgan fingerprint density at radius 3 is 2.57 bits per heavy atom. The molecule has 14 heavy (non-hydrogen) atoms. The quantitative estimate of drug-likeness (QED) is 0.659. The summed E-state index contributed by atoms with van der Waals surface area (Å²) in [4.78, 5) is 0. The average Bonchev–Trinajstić information content (AvgIpc) is 2.46. The van der Waals surface area contributed by atoms with E-state index in [1.165, 1.54) is 12.8 Å². The van der Waals surface area contributed by atoms with Crippen molar-refractivity contribution >= 4 is 0 Å². The molecule has 2 bridgehead atoms. The molecule has 2 aliphatic heterocycles. The van der Waals surface area contributed by atoms with Gasteiger partial charge in [0.15, 0.2) is 0 Å². The van der Waals surface area contributed by atoms with Gasteiger partial charge >= 0.3 is 0 Å². The average molecular weight is 197 g/mol. The molecule has 2 heterocycles. The van der Waals surface area contributed by atoms with Gasteiger partial charge in [-0.15, -0.1) is 0 Å². The van der Waals surface area contributed by atoms with Crippen molar-refractivity contribution in [2.24, 2.45) is 0 Å². The zero-order valence-electron chi connectivity index (χ0n) is 8.75. The van der Waals surface area contributed by atoms with E-state index in [1.54, 1.807) is 7.11 Å². The minimum Gasteiger partial charge on any atom is -0.385 e. The van der Waals surface area contributed by atoms with Crippen molar-refractivity contribution in [3.05, 3.63) is 12.2 Å². The van der Waals surface area contributed by atoms with E-state index < -0.39 is 5.60 Å². The van der Waals surface area contributed by atoms with Crippen LogP contribution in [0.1, 0.15) is 25.7 Å². The second-order valence-electron chi connectivity index (χ2n) is 4.61. The number of methoxy groups -OCH3 is 1. The molecule has 0 amide bonds. The van der Waals surface area contributed by atoms with E-state index in [9.17, 15) is 5.11 Å². The molecule has 0 radical (unpaired) electrons. The fourth-order valence-corrected chi connectivity index (χ4v) is 2.72. The standard InChI is InChI=1S/C11H19NO2/c1-8(7-14-2)11(13)5-9-3-4-10(6-11)12-9/h9-10,12-13H,1,3-7H2,2H3. The van der Waals surface area contributed by atoms with Gasteiger partial charge in [-0.05, 0) is 31.3 Å². The summed E-state index contributed by atoms with van der Waals surface area (Å²) in [6.07, 6.45) is 3.97. The van der Waals surface area contributed by atoms with Gasteiger partial charge in [0, 0.05) is 19.2 Å². The molecule has 0 saturated carbocycles. The molecule has 2 N–H and O–H groups in total. The number of rotatable bonds is 3. The first-order valence-electron chi connectivity index (χ1n) is 5.30. The van der Waals surface area contributed by atoms with Crippen LogP contribution in [0, 0.1) is 0 Å². The van der Waals surface area contributed by atoms with Crippen LogP contribution in [0.5, 0.6) is 0 Å². The van der Waals surface area contributed by atoms with Gasteiger partial charge in [0.1, 0.15) is 0 Å². The minimum atomic E-state index is -0.687. The van der Waals surface area contributed by atoms with E-state index in [0.29, 0.717) is 18.7 Å². The van der Waals surface area contributed by atoms with Gasteiger partial charge in [0.25, 0.3) is 0 Å². The normalized spacial score (nSPS) is 41.3. The van der Waals surface area contributed by atoms with Gasteiger partial charge in [-0.2, -0.15) is 0 Å². The van der Waals surface area contributed by atoms with E-state index in [0.717, 1.165) is 18.4 Å². The van der Waals surface area contributed by atoms with Gasteiger partial charge < -0.3 is 15.2 Å². The third kappa shape index (κ3) is 1.72. The predicted octanol–water partition coefficient (Wildman–Crippen LogP) is 0.835. The van der Waals surface area contributed by atoms with Crippen molar-refractivity contribution in [2.45, 2.75) is 43.4 Å². The second-order valence-corrected chi connectivity index (χ2v) is 4.61. The number of fused-ring (bicyclic) bond motifs is 2. The van der Waals surface area contributed by atoms with Crippen molar-refractivity contribution in [2.75, 3.05) is 13.7 Å². The fourth-order valence-electron chi connectivity index (χ4n) is 2.72. The summed E-state index contributed by atoms with van der Waals surface area (Å²) >= 11 is 0. The number of ether oxygens (including phenoxy) is 1. The highest BCUT2D eigenvalue weighted by Crippen LogP contribution is 2.37. The van der Waals surface area contributed by atoms with Crippen molar-refractivity contribution in [3.63, 3.8) is 0 Å². The molecule has 0 spiro atoms. The van der Waals surface area contributed by atoms with Gasteiger partial charge in [-0.25, -0.2) is 0 Å². The molecule has 0 aliphatic carbocycles. The highest BCUT2D eigenvalue weighted by molar-refractivity contribution is 5.18. The molecule has 2 aliphatic rings. The SMILES string of the molecule is C=C(COC)C1(O)CC2CCC(C1)N2. The summed E-state index contributed by atoms with van der Waals surface area (Å²) in [5.41, 5.74) is 0.144. The molecule has 2 fully saturated rings. The van der Waals surface area contributed by atoms with Crippen LogP contribution in [0.3, 0.4) is 0 Å². The van der Waals surface area contributed by atoms with E-state index in [-0.39, 0.29) is 0 Å². The molecular formula is C11H19NO2. The highest BCUT2D eigenvalue weighted by Gasteiger charge is 2.43. The lowest BCUT2D eigenvalue weighted by Gasteiger charge is -2.38. The summed E-state index contributed by atoms with van der Waals surface area (Å²) in [7, 11) is 1.64. The lowest BCUT2D eigenvalue weighted by Crippen LogP contribution is -2.49. The van der Waals surface area contributed by atoms with Crippen LogP contribution in [0.15, 0.2) is 12.2 Å². The van der Waals surface area contributed by atoms with E-state index in [1.807, 2.05) is 0 Å². The molecule has 2 unspecified atom stereocenters. The molecule has 0 aromatic rings. The van der Waals surface area contributed by atoms with Crippen molar-refractivity contribution < 1.29 is 9.84 Å². The first kappa shape index (κ1) is 10.1. The molecule has 3 heteroatoms. The molecular weight excluding hydrogens is 178 g/mol. The number of aliphatic hydroxyl groups is 1. The lowest BCUT2D eigenvalue weighted by atomic mass is 9.82. The molecule has 2 rings (SSSR count). The van der Waals surface area contributed by atoms with Gasteiger partial charge in [0.2, 0.25) is 0 Å². The molecule has 0 aromatic heterocycles. The Hall–Kier alpha value is -0.380. The summed E-state index contributed by atoms with van der Waals surface area (Å²) in [6, 6.07) is 0.958. The monoisotopic (exact) mass is 197 g/mol. The Balaban J connectivity index is 2.05. The summed E-state index contributed by atoms with van der Waals surface area (Å²) < 4.78 is 5.03. The molecule has 2 atom stereocenters. The molecule has 2 saturated heterocycles. The minimum absolute atomic E-state index is 0.468. The Bertz CT molecular complexity index is 227. The largest absolute Gasteiger partial charge is 0.385 e. The Kier molecular flexibility index (Phi) is 2.64. The number of hydrogen-bond acceptors (Lipinski definition) is 3. The Morgan fingerprint density at radius 1 is 1.50 bits per heavy atom. The molecule has 0 aromatic carbocycles.